The van der Waals surface area contributed by atoms with E-state index in [4.69, 9.17) is 0 Å². The Morgan fingerprint density at radius 2 is 1.55 bits per heavy atom. The lowest BCUT2D eigenvalue weighted by Crippen LogP contribution is -2.27. The third-order valence-corrected chi connectivity index (χ3v) is 6.63. The molecule has 0 bridgehead atoms. The fourth-order valence-corrected chi connectivity index (χ4v) is 4.39. The van der Waals surface area contributed by atoms with Crippen molar-refractivity contribution in [3.8, 4) is 0 Å². The predicted molar refractivity (Wildman–Crippen MR) is 117 cm³/mol. The maximum Gasteiger partial charge on any atom is 0.264 e. The van der Waals surface area contributed by atoms with E-state index in [9.17, 15) is 13.2 Å². The average Bonchev–Trinajstić information content (AvgIpc) is 2.70. The number of amides is 1. The molecule has 6 heteroatoms. The van der Waals surface area contributed by atoms with Crippen LogP contribution in [0.3, 0.4) is 0 Å². The lowest BCUT2D eigenvalue weighted by Gasteiger charge is -2.22. The quantitative estimate of drug-likeness (QED) is 0.666. The average molecular weight is 409 g/mol. The van der Waals surface area contributed by atoms with Crippen LogP contribution in [0.25, 0.3) is 0 Å². The minimum atomic E-state index is -3.73. The minimum Gasteiger partial charge on any atom is -0.322 e. The first-order valence-electron chi connectivity index (χ1n) is 9.23. The fraction of sp³-hybridized carbons (Fsp3) is 0.174. The van der Waals surface area contributed by atoms with Crippen molar-refractivity contribution >= 4 is 27.3 Å². The van der Waals surface area contributed by atoms with Crippen molar-refractivity contribution in [2.24, 2.45) is 0 Å². The van der Waals surface area contributed by atoms with E-state index in [1.54, 1.807) is 48.5 Å². The highest BCUT2D eigenvalue weighted by atomic mass is 32.2. The number of rotatable bonds is 5. The van der Waals surface area contributed by atoms with Crippen LogP contribution in [0.2, 0.25) is 0 Å². The van der Waals surface area contributed by atoms with Gasteiger partial charge in [0.15, 0.2) is 0 Å². The Labute approximate surface area is 172 Å². The summed E-state index contributed by atoms with van der Waals surface area (Å²) in [5.41, 5.74) is 4.42. The molecule has 3 rings (SSSR count). The molecule has 3 aromatic carbocycles. The second-order valence-electron chi connectivity index (χ2n) is 7.06. The summed E-state index contributed by atoms with van der Waals surface area (Å²) >= 11 is 0. The van der Waals surface area contributed by atoms with Crippen molar-refractivity contribution in [2.75, 3.05) is 16.7 Å². The maximum atomic E-state index is 13.0. The Hall–Kier alpha value is -3.12. The summed E-state index contributed by atoms with van der Waals surface area (Å²) in [5.74, 6) is -0.288. The molecule has 0 fully saturated rings. The molecule has 3 aromatic rings. The Morgan fingerprint density at radius 3 is 2.21 bits per heavy atom. The fourth-order valence-electron chi connectivity index (χ4n) is 3.12. The van der Waals surface area contributed by atoms with Gasteiger partial charge in [0.2, 0.25) is 0 Å². The molecule has 150 valence electrons. The number of benzene rings is 3. The molecule has 0 aliphatic rings. The molecule has 0 heterocycles. The zero-order valence-corrected chi connectivity index (χ0v) is 17.7. The third kappa shape index (κ3) is 4.32. The summed E-state index contributed by atoms with van der Waals surface area (Å²) in [4.78, 5) is 13.0. The topological polar surface area (TPSA) is 66.5 Å². The number of carbonyl (C=O) groups is 1. The van der Waals surface area contributed by atoms with Gasteiger partial charge >= 0.3 is 0 Å². The number of carbonyl (C=O) groups excluding carboxylic acids is 1. The van der Waals surface area contributed by atoms with Crippen LogP contribution in [0.4, 0.5) is 11.4 Å². The largest absolute Gasteiger partial charge is 0.322 e. The van der Waals surface area contributed by atoms with Gasteiger partial charge in [0, 0.05) is 18.3 Å². The Kier molecular flexibility index (Phi) is 5.75. The molecule has 0 aliphatic heterocycles. The van der Waals surface area contributed by atoms with Crippen molar-refractivity contribution in [1.29, 1.82) is 0 Å². The van der Waals surface area contributed by atoms with Gasteiger partial charge in [0.1, 0.15) is 0 Å². The minimum absolute atomic E-state index is 0.201. The lowest BCUT2D eigenvalue weighted by atomic mass is 10.1. The summed E-state index contributed by atoms with van der Waals surface area (Å²) in [6, 6.07) is 19.1. The number of sulfonamides is 1. The van der Waals surface area contributed by atoms with E-state index in [2.05, 4.69) is 5.32 Å². The van der Waals surface area contributed by atoms with Crippen LogP contribution in [0.1, 0.15) is 27.0 Å². The van der Waals surface area contributed by atoms with Gasteiger partial charge in [-0.15, -0.1) is 0 Å². The standard InChI is InChI=1S/C23H24N2O3S/c1-16-10-13-21(18(3)14-16)24-23(26)19-12-11-17(2)22(15-19)25(4)29(27,28)20-8-6-5-7-9-20/h5-15H,1-4H3,(H,24,26). The van der Waals surface area contributed by atoms with E-state index in [1.807, 2.05) is 39.0 Å². The van der Waals surface area contributed by atoms with Crippen LogP contribution in [0, 0.1) is 20.8 Å². The van der Waals surface area contributed by atoms with Crippen molar-refractivity contribution in [1.82, 2.24) is 0 Å². The van der Waals surface area contributed by atoms with Gasteiger partial charge in [-0.2, -0.15) is 0 Å². The van der Waals surface area contributed by atoms with E-state index in [0.717, 1.165) is 22.4 Å². The van der Waals surface area contributed by atoms with Crippen LogP contribution in [0.5, 0.6) is 0 Å². The highest BCUT2D eigenvalue weighted by Gasteiger charge is 2.23. The summed E-state index contributed by atoms with van der Waals surface area (Å²) < 4.78 is 27.1. The molecule has 0 unspecified atom stereocenters. The first kappa shape index (κ1) is 20.6. The van der Waals surface area contributed by atoms with Gasteiger partial charge in [-0.1, -0.05) is 42.0 Å². The molecule has 0 atom stereocenters. The zero-order valence-electron chi connectivity index (χ0n) is 16.9. The highest BCUT2D eigenvalue weighted by molar-refractivity contribution is 7.92. The van der Waals surface area contributed by atoms with Crippen LogP contribution in [-0.2, 0) is 10.0 Å². The van der Waals surface area contributed by atoms with E-state index in [-0.39, 0.29) is 10.8 Å². The number of hydrogen-bond donors (Lipinski definition) is 1. The van der Waals surface area contributed by atoms with Gasteiger partial charge in [0.25, 0.3) is 15.9 Å². The Morgan fingerprint density at radius 1 is 0.862 bits per heavy atom. The molecule has 1 N–H and O–H groups in total. The monoisotopic (exact) mass is 408 g/mol. The molecule has 5 nitrogen and oxygen atoms in total. The SMILES string of the molecule is Cc1ccc(NC(=O)c2ccc(C)c(N(C)S(=O)(=O)c3ccccc3)c2)c(C)c1. The van der Waals surface area contributed by atoms with Crippen LogP contribution in [0.15, 0.2) is 71.6 Å². The van der Waals surface area contributed by atoms with Gasteiger partial charge < -0.3 is 5.32 Å². The number of anilines is 2. The van der Waals surface area contributed by atoms with Gasteiger partial charge in [-0.05, 0) is 62.2 Å². The molecular weight excluding hydrogens is 384 g/mol. The van der Waals surface area contributed by atoms with Gasteiger partial charge in [0.05, 0.1) is 10.6 Å². The molecule has 0 aromatic heterocycles. The Bertz CT molecular complexity index is 1160. The number of nitrogens with zero attached hydrogens (tertiary/aromatic N) is 1. The highest BCUT2D eigenvalue weighted by Crippen LogP contribution is 2.27. The summed E-state index contributed by atoms with van der Waals surface area (Å²) in [7, 11) is -2.23. The van der Waals surface area contributed by atoms with Crippen molar-refractivity contribution in [3.05, 3.63) is 89.0 Å². The summed E-state index contributed by atoms with van der Waals surface area (Å²) in [5, 5.41) is 2.90. The molecule has 0 saturated carbocycles. The Balaban J connectivity index is 1.92. The first-order chi connectivity index (χ1) is 13.7. The smallest absolute Gasteiger partial charge is 0.264 e. The zero-order chi connectivity index (χ0) is 21.2. The van der Waals surface area contributed by atoms with E-state index in [1.165, 1.54) is 11.4 Å². The van der Waals surface area contributed by atoms with Crippen LogP contribution < -0.4 is 9.62 Å². The van der Waals surface area contributed by atoms with Gasteiger partial charge in [-0.25, -0.2) is 8.42 Å². The first-order valence-corrected chi connectivity index (χ1v) is 10.7. The molecule has 0 radical (unpaired) electrons. The van der Waals surface area contributed by atoms with Crippen molar-refractivity contribution in [2.45, 2.75) is 25.7 Å². The summed E-state index contributed by atoms with van der Waals surface area (Å²) in [6.45, 7) is 5.75. The second kappa shape index (κ2) is 8.09. The molecule has 0 spiro atoms. The predicted octanol–water partition coefficient (Wildman–Crippen LogP) is 4.69. The number of aryl methyl sites for hydroxylation is 3. The van der Waals surface area contributed by atoms with E-state index < -0.39 is 10.0 Å². The van der Waals surface area contributed by atoms with Crippen molar-refractivity contribution < 1.29 is 13.2 Å². The van der Waals surface area contributed by atoms with Gasteiger partial charge in [-0.3, -0.25) is 9.10 Å². The van der Waals surface area contributed by atoms with Crippen LogP contribution in [-0.4, -0.2) is 21.4 Å². The van der Waals surface area contributed by atoms with E-state index >= 15 is 0 Å². The normalized spacial score (nSPS) is 11.2. The lowest BCUT2D eigenvalue weighted by molar-refractivity contribution is 0.102. The third-order valence-electron chi connectivity index (χ3n) is 4.84. The molecule has 1 amide bonds. The second-order valence-corrected chi connectivity index (χ2v) is 9.03. The van der Waals surface area contributed by atoms with Crippen molar-refractivity contribution in [3.63, 3.8) is 0 Å². The van der Waals surface area contributed by atoms with E-state index in [0.29, 0.717) is 11.3 Å². The maximum absolute atomic E-state index is 13.0. The number of hydrogen-bond acceptors (Lipinski definition) is 3. The molecule has 0 aliphatic carbocycles. The number of nitrogens with one attached hydrogen (secondary N) is 1. The molecular formula is C23H24N2O3S. The molecule has 0 saturated heterocycles. The molecule has 29 heavy (non-hydrogen) atoms. The van der Waals surface area contributed by atoms with Crippen LogP contribution >= 0.6 is 0 Å². The summed E-state index contributed by atoms with van der Waals surface area (Å²) in [6.07, 6.45) is 0.